The first-order valence-corrected chi connectivity index (χ1v) is 9.24. The first kappa shape index (κ1) is 19.3. The zero-order valence-corrected chi connectivity index (χ0v) is 15.8. The maximum atomic E-state index is 11.7. The highest BCUT2D eigenvalue weighted by Gasteiger charge is 2.34. The molecule has 8 heteroatoms. The van der Waals surface area contributed by atoms with Crippen molar-refractivity contribution in [3.8, 4) is 11.5 Å². The van der Waals surface area contributed by atoms with E-state index >= 15 is 0 Å². The third kappa shape index (κ3) is 4.44. The number of methoxy groups -OCH3 is 2. The largest absolute Gasteiger partial charge is 0.493 e. The Morgan fingerprint density at radius 3 is 2.63 bits per heavy atom. The van der Waals surface area contributed by atoms with Gasteiger partial charge in [-0.3, -0.25) is 9.69 Å². The molecule has 2 aliphatic heterocycles. The zero-order chi connectivity index (χ0) is 19.4. The molecule has 1 aromatic rings. The number of piperidine rings is 1. The lowest BCUT2D eigenvalue weighted by Crippen LogP contribution is -2.45. The summed E-state index contributed by atoms with van der Waals surface area (Å²) in [5.74, 6) is 0.794. The van der Waals surface area contributed by atoms with Gasteiger partial charge in [0.25, 0.3) is 0 Å². The second-order valence-corrected chi connectivity index (χ2v) is 7.06. The highest BCUT2D eigenvalue weighted by Crippen LogP contribution is 2.42. The van der Waals surface area contributed by atoms with Crippen LogP contribution >= 0.6 is 0 Å². The van der Waals surface area contributed by atoms with E-state index in [4.69, 9.17) is 14.6 Å². The maximum Gasteiger partial charge on any atom is 0.323 e. The van der Waals surface area contributed by atoms with Crippen molar-refractivity contribution >= 4 is 12.0 Å². The Morgan fingerprint density at radius 2 is 1.93 bits per heavy atom. The molecule has 3 N–H and O–H groups in total. The molecule has 0 saturated carbocycles. The summed E-state index contributed by atoms with van der Waals surface area (Å²) in [7, 11) is 3.30. The summed E-state index contributed by atoms with van der Waals surface area (Å²) < 4.78 is 10.9. The number of fused-ring (bicyclic) bond motifs is 3. The van der Waals surface area contributed by atoms with E-state index in [2.05, 4.69) is 27.7 Å². The van der Waals surface area contributed by atoms with E-state index in [1.165, 1.54) is 11.1 Å². The molecule has 2 atom stereocenters. The summed E-state index contributed by atoms with van der Waals surface area (Å²) in [5, 5.41) is 13.7. The highest BCUT2D eigenvalue weighted by molar-refractivity contribution is 5.79. The van der Waals surface area contributed by atoms with Crippen molar-refractivity contribution in [2.45, 2.75) is 25.3 Å². The van der Waals surface area contributed by atoms with Gasteiger partial charge in [0.05, 0.1) is 14.2 Å². The lowest BCUT2D eigenvalue weighted by molar-refractivity contribution is -0.135. The van der Waals surface area contributed by atoms with E-state index in [0.29, 0.717) is 18.5 Å². The van der Waals surface area contributed by atoms with Crippen LogP contribution in [0, 0.1) is 5.92 Å². The Labute approximate surface area is 158 Å². The van der Waals surface area contributed by atoms with Gasteiger partial charge in [0.15, 0.2) is 11.5 Å². The molecule has 0 radical (unpaired) electrons. The third-order valence-electron chi connectivity index (χ3n) is 5.45. The number of carbonyl (C=O) groups is 2. The van der Waals surface area contributed by atoms with Crippen LogP contribution in [0.15, 0.2) is 12.1 Å². The molecule has 2 heterocycles. The standard InChI is InChI=1S/C19H27N3O5/c1-26-16-8-13-4-6-22-5-3-12(10-20-19(25)21-11-18(23)24)7-15(22)14(13)9-17(16)27-2/h8-9,12,15H,3-7,10-11H2,1-2H3,(H,23,24)(H2,20,21,25). The average Bonchev–Trinajstić information content (AvgIpc) is 2.69. The van der Waals surface area contributed by atoms with E-state index in [9.17, 15) is 9.59 Å². The number of carboxylic acid groups (broad SMARTS) is 1. The van der Waals surface area contributed by atoms with Crippen LogP contribution < -0.4 is 20.1 Å². The van der Waals surface area contributed by atoms with Crippen molar-refractivity contribution in [2.24, 2.45) is 5.92 Å². The van der Waals surface area contributed by atoms with E-state index in [1.54, 1.807) is 14.2 Å². The van der Waals surface area contributed by atoms with Crippen molar-refractivity contribution < 1.29 is 24.2 Å². The van der Waals surface area contributed by atoms with Gasteiger partial charge in [-0.1, -0.05) is 0 Å². The Kier molecular flexibility index (Phi) is 6.05. The molecule has 1 fully saturated rings. The molecule has 1 aromatic carbocycles. The van der Waals surface area contributed by atoms with Gasteiger partial charge in [-0.05, 0) is 55.0 Å². The minimum absolute atomic E-state index is 0.302. The molecule has 0 bridgehead atoms. The van der Waals surface area contributed by atoms with Crippen LogP contribution in [0.4, 0.5) is 4.79 Å². The number of ether oxygens (including phenoxy) is 2. The number of hydrogen-bond donors (Lipinski definition) is 3. The van der Waals surface area contributed by atoms with Gasteiger partial charge in [0.2, 0.25) is 0 Å². The summed E-state index contributed by atoms with van der Waals surface area (Å²) in [6.07, 6.45) is 2.95. The number of carboxylic acids is 1. The second kappa shape index (κ2) is 8.47. The van der Waals surface area contributed by atoms with Crippen LogP contribution in [0.5, 0.6) is 11.5 Å². The minimum atomic E-state index is -1.05. The van der Waals surface area contributed by atoms with Gasteiger partial charge in [-0.2, -0.15) is 0 Å². The summed E-state index contributed by atoms with van der Waals surface area (Å²) in [6, 6.07) is 4.03. The molecule has 0 aromatic heterocycles. The SMILES string of the molecule is COc1cc2c(cc1OC)C1CC(CNC(=O)NCC(=O)O)CCN1CC2. The van der Waals surface area contributed by atoms with Crippen LogP contribution in [0.25, 0.3) is 0 Å². The third-order valence-corrected chi connectivity index (χ3v) is 5.45. The molecule has 2 unspecified atom stereocenters. The topological polar surface area (TPSA) is 100 Å². The van der Waals surface area contributed by atoms with Crippen molar-refractivity contribution in [3.63, 3.8) is 0 Å². The van der Waals surface area contributed by atoms with Gasteiger partial charge in [0, 0.05) is 19.1 Å². The Balaban J connectivity index is 1.66. The summed E-state index contributed by atoms with van der Waals surface area (Å²) in [6.45, 7) is 2.17. The number of amides is 2. The fourth-order valence-corrected chi connectivity index (χ4v) is 4.05. The monoisotopic (exact) mass is 377 g/mol. The number of carbonyl (C=O) groups excluding carboxylic acids is 1. The molecule has 8 nitrogen and oxygen atoms in total. The molecule has 148 valence electrons. The van der Waals surface area contributed by atoms with Gasteiger partial charge < -0.3 is 25.2 Å². The van der Waals surface area contributed by atoms with Crippen molar-refractivity contribution in [3.05, 3.63) is 23.3 Å². The van der Waals surface area contributed by atoms with Crippen LogP contribution in [0.1, 0.15) is 30.0 Å². The van der Waals surface area contributed by atoms with Crippen LogP contribution in [0.2, 0.25) is 0 Å². The average molecular weight is 377 g/mol. The van der Waals surface area contributed by atoms with Crippen LogP contribution in [0.3, 0.4) is 0 Å². The Bertz CT molecular complexity index is 709. The smallest absolute Gasteiger partial charge is 0.323 e. The molecular weight excluding hydrogens is 350 g/mol. The number of nitrogens with one attached hydrogen (secondary N) is 2. The minimum Gasteiger partial charge on any atom is -0.493 e. The summed E-state index contributed by atoms with van der Waals surface area (Å²) in [4.78, 5) is 24.7. The van der Waals surface area contributed by atoms with Gasteiger partial charge in [-0.25, -0.2) is 4.79 Å². The molecule has 1 saturated heterocycles. The van der Waals surface area contributed by atoms with Gasteiger partial charge >= 0.3 is 12.0 Å². The molecule has 27 heavy (non-hydrogen) atoms. The molecule has 2 aliphatic rings. The maximum absolute atomic E-state index is 11.7. The Hall–Kier alpha value is -2.48. The first-order valence-electron chi connectivity index (χ1n) is 9.24. The number of nitrogens with zero attached hydrogens (tertiary/aromatic N) is 1. The zero-order valence-electron chi connectivity index (χ0n) is 15.8. The quantitative estimate of drug-likeness (QED) is 0.693. The van der Waals surface area contributed by atoms with Crippen LogP contribution in [-0.4, -0.2) is 62.4 Å². The second-order valence-electron chi connectivity index (χ2n) is 7.06. The summed E-state index contributed by atoms with van der Waals surface area (Å²) >= 11 is 0. The summed E-state index contributed by atoms with van der Waals surface area (Å²) in [5.41, 5.74) is 2.57. The predicted molar refractivity (Wildman–Crippen MR) is 99.3 cm³/mol. The van der Waals surface area contributed by atoms with Crippen LogP contribution in [-0.2, 0) is 11.2 Å². The van der Waals surface area contributed by atoms with Crippen molar-refractivity contribution in [1.82, 2.24) is 15.5 Å². The number of urea groups is 1. The molecule has 2 amide bonds. The number of aliphatic carboxylic acids is 1. The van der Waals surface area contributed by atoms with E-state index in [1.807, 2.05) is 0 Å². The number of rotatable bonds is 6. The molecule has 0 spiro atoms. The normalized spacial score (nSPS) is 21.6. The van der Waals surface area contributed by atoms with E-state index < -0.39 is 12.0 Å². The number of benzene rings is 1. The fraction of sp³-hybridized carbons (Fsp3) is 0.579. The van der Waals surface area contributed by atoms with E-state index in [-0.39, 0.29) is 6.54 Å². The predicted octanol–water partition coefficient (Wildman–Crippen LogP) is 1.40. The Morgan fingerprint density at radius 1 is 1.19 bits per heavy atom. The fourth-order valence-electron chi connectivity index (χ4n) is 4.05. The van der Waals surface area contributed by atoms with E-state index in [0.717, 1.165) is 43.9 Å². The van der Waals surface area contributed by atoms with Crippen molar-refractivity contribution in [2.75, 3.05) is 40.4 Å². The number of hydrogen-bond acceptors (Lipinski definition) is 5. The van der Waals surface area contributed by atoms with Gasteiger partial charge in [0.1, 0.15) is 6.54 Å². The van der Waals surface area contributed by atoms with Gasteiger partial charge in [-0.15, -0.1) is 0 Å². The van der Waals surface area contributed by atoms with Crippen molar-refractivity contribution in [1.29, 1.82) is 0 Å². The lowest BCUT2D eigenvalue weighted by atomic mass is 9.82. The first-order chi connectivity index (χ1) is 13.0. The molecule has 0 aliphatic carbocycles. The highest BCUT2D eigenvalue weighted by atomic mass is 16.5. The molecule has 3 rings (SSSR count). The molecular formula is C19H27N3O5. The lowest BCUT2D eigenvalue weighted by Gasteiger charge is -2.43.